The second-order valence-corrected chi connectivity index (χ2v) is 14.8. The first kappa shape index (κ1) is 35.1. The van der Waals surface area contributed by atoms with Crippen molar-refractivity contribution >= 4 is 60.4 Å². The lowest BCUT2D eigenvalue weighted by Crippen LogP contribution is -2.35. The fourth-order valence-electron chi connectivity index (χ4n) is 5.79. The van der Waals surface area contributed by atoms with Gasteiger partial charge < -0.3 is 18.8 Å². The highest BCUT2D eigenvalue weighted by Gasteiger charge is 2.31. The Labute approximate surface area is 285 Å². The van der Waals surface area contributed by atoms with Gasteiger partial charge in [0, 0.05) is 31.3 Å². The number of aryl methyl sites for hydroxylation is 1. The number of oxazole rings is 1. The van der Waals surface area contributed by atoms with Gasteiger partial charge in [-0.1, -0.05) is 48.0 Å². The lowest BCUT2D eigenvalue weighted by Gasteiger charge is -2.24. The Kier molecular flexibility index (Phi) is 10.9. The summed E-state index contributed by atoms with van der Waals surface area (Å²) in [6, 6.07) is 21.4. The molecule has 1 aliphatic heterocycles. The van der Waals surface area contributed by atoms with E-state index < -0.39 is 26.0 Å². The summed E-state index contributed by atoms with van der Waals surface area (Å²) in [5.41, 5.74) is 5.35. The van der Waals surface area contributed by atoms with Crippen molar-refractivity contribution in [3.05, 3.63) is 95.1 Å². The number of rotatable bonds is 14. The van der Waals surface area contributed by atoms with Crippen LogP contribution in [0.2, 0.25) is 5.02 Å². The number of unbranched alkanes of at least 4 members (excludes halogenated alkanes) is 2. The van der Waals surface area contributed by atoms with E-state index in [0.717, 1.165) is 33.8 Å². The number of hydrogen-bond donors (Lipinski definition) is 1. The van der Waals surface area contributed by atoms with Gasteiger partial charge in [-0.25, -0.2) is 8.42 Å². The molecule has 0 unspecified atom stereocenters. The minimum Gasteiger partial charge on any atom is -0.748 e. The molecular weight excluding hydrogens is 676 g/mol. The highest BCUT2D eigenvalue weighted by molar-refractivity contribution is 7.85. The molecule has 14 heteroatoms. The molecule has 0 saturated carbocycles. The quantitative estimate of drug-likeness (QED) is 0.0920. The van der Waals surface area contributed by atoms with Crippen molar-refractivity contribution in [1.82, 2.24) is 0 Å². The molecule has 0 bridgehead atoms. The van der Waals surface area contributed by atoms with Crippen molar-refractivity contribution in [2.45, 2.75) is 39.2 Å². The number of nitriles is 1. The zero-order valence-corrected chi connectivity index (χ0v) is 28.6. The molecule has 0 saturated heterocycles. The van der Waals surface area contributed by atoms with Crippen molar-refractivity contribution in [1.29, 1.82) is 5.26 Å². The van der Waals surface area contributed by atoms with E-state index in [1.54, 1.807) is 12.1 Å². The summed E-state index contributed by atoms with van der Waals surface area (Å²) in [4.78, 5) is 4.01. The van der Waals surface area contributed by atoms with E-state index in [1.165, 1.54) is 0 Å². The Morgan fingerprint density at radius 2 is 1.69 bits per heavy atom. The minimum absolute atomic E-state index is 0.188. The topological polar surface area (TPSA) is 159 Å². The number of aromatic nitrogens is 1. The smallest absolute Gasteiger partial charge is 0.374 e. The highest BCUT2D eigenvalue weighted by Crippen LogP contribution is 2.44. The number of allylic oxidation sites excluding steroid dienone is 2. The van der Waals surface area contributed by atoms with Gasteiger partial charge in [0.1, 0.15) is 11.9 Å². The van der Waals surface area contributed by atoms with Crippen molar-refractivity contribution in [3.63, 3.8) is 0 Å². The van der Waals surface area contributed by atoms with Gasteiger partial charge in [0.25, 0.3) is 15.6 Å². The van der Waals surface area contributed by atoms with E-state index >= 15 is 0 Å². The molecule has 252 valence electrons. The summed E-state index contributed by atoms with van der Waals surface area (Å²) in [5, 5.41) is 9.95. The van der Waals surface area contributed by atoms with Crippen LogP contribution in [-0.2, 0) is 26.8 Å². The van der Waals surface area contributed by atoms with Gasteiger partial charge in [-0.05, 0) is 67.7 Å². The van der Waals surface area contributed by atoms with Crippen LogP contribution in [0.25, 0.3) is 28.3 Å². The number of anilines is 2. The summed E-state index contributed by atoms with van der Waals surface area (Å²) >= 11 is 6.41. The van der Waals surface area contributed by atoms with Gasteiger partial charge in [-0.2, -0.15) is 18.2 Å². The lowest BCUT2D eigenvalue weighted by atomic mass is 10.1. The van der Waals surface area contributed by atoms with Crippen LogP contribution in [0.1, 0.15) is 44.1 Å². The third-order valence-electron chi connectivity index (χ3n) is 8.02. The molecule has 0 radical (unpaired) electrons. The predicted octanol–water partition coefficient (Wildman–Crippen LogP) is 6.11. The van der Waals surface area contributed by atoms with Crippen molar-refractivity contribution in [2.75, 3.05) is 34.4 Å². The van der Waals surface area contributed by atoms with E-state index in [0.29, 0.717) is 54.5 Å². The average molecular weight is 711 g/mol. The van der Waals surface area contributed by atoms with E-state index in [1.807, 2.05) is 88.0 Å². The average Bonchev–Trinajstić information content (AvgIpc) is 3.53. The van der Waals surface area contributed by atoms with Crippen LogP contribution in [0.3, 0.4) is 0 Å². The summed E-state index contributed by atoms with van der Waals surface area (Å²) in [6.07, 6.45) is 6.88. The number of benzene rings is 3. The molecule has 1 aliphatic rings. The molecule has 4 aromatic rings. The van der Waals surface area contributed by atoms with E-state index in [2.05, 4.69) is 6.07 Å². The number of nitrogens with zero attached hydrogens (tertiary/aromatic N) is 4. The first-order valence-corrected chi connectivity index (χ1v) is 19.0. The summed E-state index contributed by atoms with van der Waals surface area (Å²) in [5.74, 6) is 0.495. The monoisotopic (exact) mass is 710 g/mol. The number of hydrogen-bond acceptors (Lipinski definition) is 9. The summed E-state index contributed by atoms with van der Waals surface area (Å²) in [7, 11) is -8.42. The zero-order chi connectivity index (χ0) is 34.5. The van der Waals surface area contributed by atoms with Crippen LogP contribution in [0, 0.1) is 11.3 Å². The minimum atomic E-state index is -4.34. The second-order valence-electron chi connectivity index (χ2n) is 11.3. The van der Waals surface area contributed by atoms with Crippen LogP contribution < -0.4 is 14.4 Å². The molecule has 0 spiro atoms. The van der Waals surface area contributed by atoms with Gasteiger partial charge in [0.15, 0.2) is 6.54 Å². The maximum absolute atomic E-state index is 11.3. The Bertz CT molecular complexity index is 2120. The fraction of sp³-hybridized carbons (Fsp3) is 0.294. The van der Waals surface area contributed by atoms with Gasteiger partial charge in [-0.15, -0.1) is 0 Å². The normalized spacial score (nSPS) is 14.4. The van der Waals surface area contributed by atoms with Crippen LogP contribution in [0.4, 0.5) is 11.4 Å². The van der Waals surface area contributed by atoms with Crippen LogP contribution >= 0.6 is 11.6 Å². The van der Waals surface area contributed by atoms with Crippen LogP contribution in [0.5, 0.6) is 0 Å². The van der Waals surface area contributed by atoms with Gasteiger partial charge in [0.05, 0.1) is 43.9 Å². The highest BCUT2D eigenvalue weighted by atomic mass is 35.5. The second kappa shape index (κ2) is 14.9. The lowest BCUT2D eigenvalue weighted by molar-refractivity contribution is -0.678. The van der Waals surface area contributed by atoms with Crippen molar-refractivity contribution in [3.8, 4) is 17.2 Å². The van der Waals surface area contributed by atoms with Crippen LogP contribution in [0.15, 0.2) is 83.1 Å². The molecule has 0 aliphatic carbocycles. The van der Waals surface area contributed by atoms with Gasteiger partial charge >= 0.3 is 5.89 Å². The van der Waals surface area contributed by atoms with Gasteiger partial charge in [0.2, 0.25) is 5.58 Å². The third-order valence-corrected chi connectivity index (χ3v) is 9.92. The van der Waals surface area contributed by atoms with Gasteiger partial charge in [-0.3, -0.25) is 4.55 Å². The maximum Gasteiger partial charge on any atom is 0.374 e. The molecule has 1 aromatic heterocycles. The molecule has 2 heterocycles. The first-order valence-electron chi connectivity index (χ1n) is 15.5. The standard InChI is InChI=1S/C34H35ClN4O7S2/c1-2-37-30-23-28(35)27(24-36)22-29(30)38(17-6-8-19-47(40,41)42)33(37)13-10-14-34-39(18-7-9-20-48(43,44)45)31-21-26(15-16-32(31)46-34)25-11-4-3-5-12-25/h3-5,10-16,21-23H,2,6-9,17-20H2,1H3,(H-,40,41,42,43,44,45). The molecule has 5 rings (SSSR count). The molecule has 1 N–H and O–H groups in total. The zero-order valence-electron chi connectivity index (χ0n) is 26.2. The molecular formula is C34H35ClN4O7S2. The SMILES string of the molecule is CCN1C(=CC=Cc2oc3ccc(-c4ccccc4)cc3[n+]2CCCCS(=O)(=O)O)N(CCCCS(=O)(=O)[O-])c2cc(C#N)c(Cl)cc21. The molecule has 0 fully saturated rings. The molecule has 3 aromatic carbocycles. The Morgan fingerprint density at radius 3 is 2.38 bits per heavy atom. The molecule has 0 amide bonds. The van der Waals surface area contributed by atoms with Crippen molar-refractivity contribution < 1.29 is 34.9 Å². The number of halogens is 1. The Morgan fingerprint density at radius 1 is 0.958 bits per heavy atom. The summed E-state index contributed by atoms with van der Waals surface area (Å²) < 4.78 is 73.7. The molecule has 11 nitrogen and oxygen atoms in total. The Hall–Kier alpha value is -4.19. The maximum atomic E-state index is 11.3. The third kappa shape index (κ3) is 8.44. The first-order chi connectivity index (χ1) is 22.9. The molecule has 48 heavy (non-hydrogen) atoms. The summed E-state index contributed by atoms with van der Waals surface area (Å²) in [6.45, 7) is 3.38. The predicted molar refractivity (Wildman–Crippen MR) is 185 cm³/mol. The van der Waals surface area contributed by atoms with Crippen molar-refractivity contribution in [2.24, 2.45) is 0 Å². The molecule has 0 atom stereocenters. The van der Waals surface area contributed by atoms with Crippen LogP contribution in [-0.4, -0.2) is 50.5 Å². The fourth-order valence-corrected chi connectivity index (χ4v) is 7.12. The van der Waals surface area contributed by atoms with E-state index in [-0.39, 0.29) is 18.6 Å². The van der Waals surface area contributed by atoms with E-state index in [9.17, 15) is 31.2 Å². The van der Waals surface area contributed by atoms with E-state index in [4.69, 9.17) is 16.0 Å². The Balaban J connectivity index is 1.51. The number of fused-ring (bicyclic) bond motifs is 2. The largest absolute Gasteiger partial charge is 0.748 e.